The quantitative estimate of drug-likeness (QED) is 0.578. The van der Waals surface area contributed by atoms with Crippen molar-refractivity contribution in [1.29, 1.82) is 0 Å². The van der Waals surface area contributed by atoms with E-state index in [-0.39, 0.29) is 11.8 Å². The Morgan fingerprint density at radius 3 is 2.25 bits per heavy atom. The van der Waals surface area contributed by atoms with Crippen LogP contribution in [0, 0.1) is 5.92 Å². The molecule has 0 saturated carbocycles. The van der Waals surface area contributed by atoms with Gasteiger partial charge in [-0.1, -0.05) is 33.6 Å². The highest BCUT2D eigenvalue weighted by molar-refractivity contribution is 5.89. The molecule has 0 aromatic rings. The van der Waals surface area contributed by atoms with Crippen LogP contribution < -0.4 is 16.8 Å². The molecule has 2 amide bonds. The molecule has 0 spiro atoms. The Morgan fingerprint density at radius 1 is 1.31 bits per heavy atom. The van der Waals surface area contributed by atoms with Gasteiger partial charge in [0.2, 0.25) is 11.8 Å². The molecule has 1 unspecified atom stereocenters. The average Bonchev–Trinajstić information content (AvgIpc) is 2.24. The number of hydrogen-bond acceptors (Lipinski definition) is 3. The minimum atomic E-state index is -0.625. The van der Waals surface area contributed by atoms with E-state index in [2.05, 4.69) is 5.32 Å². The smallest absolute Gasteiger partial charge is 0.240 e. The molecule has 5 heteroatoms. The van der Waals surface area contributed by atoms with Gasteiger partial charge in [-0.3, -0.25) is 9.59 Å². The number of carbonyl (C=O) groups excluding carboxylic acids is 2. The summed E-state index contributed by atoms with van der Waals surface area (Å²) in [7, 11) is 0. The minimum absolute atomic E-state index is 0.0234. The Hall–Kier alpha value is -1.10. The lowest BCUT2D eigenvalue weighted by molar-refractivity contribution is -0.129. The highest BCUT2D eigenvalue weighted by Gasteiger charge is 2.25. The summed E-state index contributed by atoms with van der Waals surface area (Å²) in [6.45, 7) is 5.77. The summed E-state index contributed by atoms with van der Waals surface area (Å²) in [6, 6.07) is -1.18. The van der Waals surface area contributed by atoms with Gasteiger partial charge in [-0.15, -0.1) is 0 Å². The van der Waals surface area contributed by atoms with Gasteiger partial charge in [0.15, 0.2) is 0 Å². The molecule has 0 heterocycles. The van der Waals surface area contributed by atoms with Crippen molar-refractivity contribution in [3.63, 3.8) is 0 Å². The Labute approximate surface area is 96.9 Å². The molecule has 3 atom stereocenters. The first-order valence-corrected chi connectivity index (χ1v) is 5.79. The van der Waals surface area contributed by atoms with E-state index >= 15 is 0 Å². The third-order valence-electron chi connectivity index (χ3n) is 2.75. The second-order valence-electron chi connectivity index (χ2n) is 4.17. The number of nitrogens with two attached hydrogens (primary N) is 2. The van der Waals surface area contributed by atoms with E-state index in [1.807, 2.05) is 20.8 Å². The summed E-state index contributed by atoms with van der Waals surface area (Å²) in [5, 5.41) is 2.61. The SMILES string of the molecule is CCC[C@H](N)C(=O)N[C@H](C(N)=O)C(C)CC. The average molecular weight is 229 g/mol. The molecule has 0 rings (SSSR count). The molecule has 5 N–H and O–H groups in total. The first-order chi connectivity index (χ1) is 7.43. The molecule has 0 saturated heterocycles. The molecule has 0 aromatic carbocycles. The molecule has 5 nitrogen and oxygen atoms in total. The standard InChI is InChI=1S/C11H23N3O2/c1-4-6-8(12)11(16)14-9(10(13)15)7(3)5-2/h7-9H,4-6,12H2,1-3H3,(H2,13,15)(H,14,16)/t7?,8-,9-/m0/s1. The molecule has 0 fully saturated rings. The highest BCUT2D eigenvalue weighted by Crippen LogP contribution is 2.07. The van der Waals surface area contributed by atoms with E-state index in [1.54, 1.807) is 0 Å². The van der Waals surface area contributed by atoms with Crippen molar-refractivity contribution >= 4 is 11.8 Å². The van der Waals surface area contributed by atoms with E-state index in [0.717, 1.165) is 12.8 Å². The zero-order valence-corrected chi connectivity index (χ0v) is 10.3. The van der Waals surface area contributed by atoms with Crippen LogP contribution in [-0.4, -0.2) is 23.9 Å². The van der Waals surface area contributed by atoms with Gasteiger partial charge >= 0.3 is 0 Å². The van der Waals surface area contributed by atoms with E-state index in [4.69, 9.17) is 11.5 Å². The number of primary amides is 1. The fraction of sp³-hybridized carbons (Fsp3) is 0.818. The Bertz CT molecular complexity index is 243. The molecule has 0 bridgehead atoms. The second-order valence-corrected chi connectivity index (χ2v) is 4.17. The predicted molar refractivity (Wildman–Crippen MR) is 63.5 cm³/mol. The fourth-order valence-electron chi connectivity index (χ4n) is 1.43. The summed E-state index contributed by atoms with van der Waals surface area (Å²) >= 11 is 0. The number of nitrogens with one attached hydrogen (secondary N) is 1. The van der Waals surface area contributed by atoms with Crippen molar-refractivity contribution in [2.75, 3.05) is 0 Å². The van der Waals surface area contributed by atoms with Crippen LogP contribution in [0.25, 0.3) is 0 Å². The zero-order chi connectivity index (χ0) is 12.7. The third-order valence-corrected chi connectivity index (χ3v) is 2.75. The van der Waals surface area contributed by atoms with Gasteiger partial charge < -0.3 is 16.8 Å². The van der Waals surface area contributed by atoms with Crippen molar-refractivity contribution in [2.45, 2.75) is 52.1 Å². The van der Waals surface area contributed by atoms with Gasteiger partial charge in [0.1, 0.15) is 6.04 Å². The lowest BCUT2D eigenvalue weighted by Gasteiger charge is -2.22. The van der Waals surface area contributed by atoms with Crippen LogP contribution in [0.4, 0.5) is 0 Å². The Balaban J connectivity index is 4.40. The van der Waals surface area contributed by atoms with Crippen LogP contribution >= 0.6 is 0 Å². The highest BCUT2D eigenvalue weighted by atomic mass is 16.2. The van der Waals surface area contributed by atoms with E-state index < -0.39 is 18.0 Å². The number of carbonyl (C=O) groups is 2. The van der Waals surface area contributed by atoms with Crippen molar-refractivity contribution < 1.29 is 9.59 Å². The van der Waals surface area contributed by atoms with Gasteiger partial charge in [-0.25, -0.2) is 0 Å². The third kappa shape index (κ3) is 4.61. The molecule has 0 aliphatic carbocycles. The number of rotatable bonds is 7. The molecule has 0 aromatic heterocycles. The first-order valence-electron chi connectivity index (χ1n) is 5.79. The molecule has 94 valence electrons. The molecule has 0 radical (unpaired) electrons. The normalized spacial score (nSPS) is 16.2. The van der Waals surface area contributed by atoms with Gasteiger partial charge in [0, 0.05) is 0 Å². The molecule has 16 heavy (non-hydrogen) atoms. The Kier molecular flexibility index (Phi) is 6.72. The van der Waals surface area contributed by atoms with Crippen molar-refractivity contribution in [3.05, 3.63) is 0 Å². The summed E-state index contributed by atoms with van der Waals surface area (Å²) in [4.78, 5) is 22.8. The van der Waals surface area contributed by atoms with Gasteiger partial charge in [-0.2, -0.15) is 0 Å². The van der Waals surface area contributed by atoms with Crippen LogP contribution in [0.2, 0.25) is 0 Å². The largest absolute Gasteiger partial charge is 0.368 e. The number of hydrogen-bond donors (Lipinski definition) is 3. The molecule has 0 aliphatic rings. The molecular formula is C11H23N3O2. The van der Waals surface area contributed by atoms with Crippen LogP contribution in [0.3, 0.4) is 0 Å². The first kappa shape index (κ1) is 14.9. The summed E-state index contributed by atoms with van der Waals surface area (Å²) < 4.78 is 0. The molecule has 0 aliphatic heterocycles. The maximum absolute atomic E-state index is 11.6. The number of amides is 2. The van der Waals surface area contributed by atoms with Crippen LogP contribution in [-0.2, 0) is 9.59 Å². The summed E-state index contributed by atoms with van der Waals surface area (Å²) in [5.74, 6) is -0.785. The van der Waals surface area contributed by atoms with Crippen molar-refractivity contribution in [3.8, 4) is 0 Å². The van der Waals surface area contributed by atoms with Crippen molar-refractivity contribution in [2.24, 2.45) is 17.4 Å². The molecular weight excluding hydrogens is 206 g/mol. The summed E-state index contributed by atoms with van der Waals surface area (Å²) in [6.07, 6.45) is 2.22. The van der Waals surface area contributed by atoms with Crippen LogP contribution in [0.1, 0.15) is 40.0 Å². The van der Waals surface area contributed by atoms with Crippen LogP contribution in [0.15, 0.2) is 0 Å². The predicted octanol–water partition coefficient (Wildman–Crippen LogP) is 0.130. The van der Waals surface area contributed by atoms with E-state index in [9.17, 15) is 9.59 Å². The van der Waals surface area contributed by atoms with E-state index in [0.29, 0.717) is 6.42 Å². The lowest BCUT2D eigenvalue weighted by atomic mass is 9.98. The van der Waals surface area contributed by atoms with Gasteiger partial charge in [0.05, 0.1) is 6.04 Å². The van der Waals surface area contributed by atoms with Crippen molar-refractivity contribution in [1.82, 2.24) is 5.32 Å². The topological polar surface area (TPSA) is 98.2 Å². The maximum atomic E-state index is 11.6. The lowest BCUT2D eigenvalue weighted by Crippen LogP contribution is -2.52. The van der Waals surface area contributed by atoms with Gasteiger partial charge in [0.25, 0.3) is 0 Å². The maximum Gasteiger partial charge on any atom is 0.240 e. The van der Waals surface area contributed by atoms with Gasteiger partial charge in [-0.05, 0) is 12.3 Å². The second kappa shape index (κ2) is 7.22. The Morgan fingerprint density at radius 2 is 1.88 bits per heavy atom. The van der Waals surface area contributed by atoms with Crippen LogP contribution in [0.5, 0.6) is 0 Å². The monoisotopic (exact) mass is 229 g/mol. The minimum Gasteiger partial charge on any atom is -0.368 e. The summed E-state index contributed by atoms with van der Waals surface area (Å²) in [5.41, 5.74) is 10.9. The zero-order valence-electron chi connectivity index (χ0n) is 10.3. The van der Waals surface area contributed by atoms with E-state index in [1.165, 1.54) is 0 Å². The fourth-order valence-corrected chi connectivity index (χ4v) is 1.43.